The molecule has 0 aromatic carbocycles. The van der Waals surface area contributed by atoms with Gasteiger partial charge in [-0.25, -0.2) is 4.98 Å². The largest absolute Gasteiger partial charge is 0.346 e. The lowest BCUT2D eigenvalue weighted by Crippen LogP contribution is -2.30. The highest BCUT2D eigenvalue weighted by Gasteiger charge is 2.26. The number of hydrogen-bond donors (Lipinski definition) is 0. The number of anilines is 1. The summed E-state index contributed by atoms with van der Waals surface area (Å²) in [5.74, 6) is 0.293. The number of aromatic nitrogens is 2. The average molecular weight is 297 g/mol. The first-order valence-electron chi connectivity index (χ1n) is 5.62. The van der Waals surface area contributed by atoms with Gasteiger partial charge in [0.25, 0.3) is 0 Å². The number of fused-ring (bicyclic) bond motifs is 1. The highest BCUT2D eigenvalue weighted by molar-refractivity contribution is 7.10. The smallest absolute Gasteiger partial charge is 0.329 e. The monoisotopic (exact) mass is 296 g/mol. The van der Waals surface area contributed by atoms with Crippen LogP contribution in [0.5, 0.6) is 0 Å². The number of halogens is 1. The maximum absolute atomic E-state index is 11.0. The number of nitrogens with zero attached hydrogens (tertiary/aromatic N) is 4. The summed E-state index contributed by atoms with van der Waals surface area (Å²) in [5, 5.41) is 13.1. The Balaban J connectivity index is 1.99. The molecule has 6 nitrogen and oxygen atoms in total. The standard InChI is InChI=1S/C11H9ClN4O2S/c12-11-13-5-8(16(17)18)10(14-11)15-3-1-9-7(6-15)2-4-19-9/h2,4-5H,1,3,6H2. The summed E-state index contributed by atoms with van der Waals surface area (Å²) in [6, 6.07) is 2.04. The van der Waals surface area contributed by atoms with E-state index in [0.717, 1.165) is 12.6 Å². The highest BCUT2D eigenvalue weighted by Crippen LogP contribution is 2.32. The zero-order valence-corrected chi connectivity index (χ0v) is 11.3. The van der Waals surface area contributed by atoms with E-state index in [4.69, 9.17) is 11.6 Å². The van der Waals surface area contributed by atoms with Gasteiger partial charge in [0, 0.05) is 18.0 Å². The molecular formula is C11H9ClN4O2S. The van der Waals surface area contributed by atoms with Crippen molar-refractivity contribution in [3.8, 4) is 0 Å². The Morgan fingerprint density at radius 1 is 1.53 bits per heavy atom. The molecule has 1 aliphatic heterocycles. The third-order valence-corrected chi connectivity index (χ3v) is 4.23. The topological polar surface area (TPSA) is 72.2 Å². The first kappa shape index (κ1) is 12.3. The van der Waals surface area contributed by atoms with E-state index in [1.165, 1.54) is 10.4 Å². The quantitative estimate of drug-likeness (QED) is 0.484. The SMILES string of the molecule is O=[N+]([O-])c1cnc(Cl)nc1N1CCc2sccc2C1. The van der Waals surface area contributed by atoms with E-state index in [2.05, 4.69) is 9.97 Å². The molecule has 19 heavy (non-hydrogen) atoms. The van der Waals surface area contributed by atoms with Crippen LogP contribution in [0.4, 0.5) is 11.5 Å². The van der Waals surface area contributed by atoms with Gasteiger partial charge in [-0.05, 0) is 35.0 Å². The zero-order valence-electron chi connectivity index (χ0n) is 9.74. The molecule has 0 spiro atoms. The van der Waals surface area contributed by atoms with E-state index < -0.39 is 4.92 Å². The van der Waals surface area contributed by atoms with Crippen LogP contribution in [-0.2, 0) is 13.0 Å². The van der Waals surface area contributed by atoms with Crippen molar-refractivity contribution in [2.75, 3.05) is 11.4 Å². The molecule has 0 bridgehead atoms. The van der Waals surface area contributed by atoms with Gasteiger partial charge in [0.15, 0.2) is 0 Å². The molecule has 0 saturated carbocycles. The van der Waals surface area contributed by atoms with Gasteiger partial charge < -0.3 is 4.90 Å². The van der Waals surface area contributed by atoms with Crippen molar-refractivity contribution >= 4 is 34.4 Å². The molecule has 0 amide bonds. The summed E-state index contributed by atoms with van der Waals surface area (Å²) in [5.41, 5.74) is 1.09. The molecule has 98 valence electrons. The van der Waals surface area contributed by atoms with Crippen LogP contribution in [0.1, 0.15) is 10.4 Å². The lowest BCUT2D eigenvalue weighted by molar-refractivity contribution is -0.384. The zero-order chi connectivity index (χ0) is 13.4. The van der Waals surface area contributed by atoms with Gasteiger partial charge in [0.2, 0.25) is 11.1 Å². The number of hydrogen-bond acceptors (Lipinski definition) is 6. The summed E-state index contributed by atoms with van der Waals surface area (Å²) in [4.78, 5) is 21.5. The third kappa shape index (κ3) is 2.26. The first-order valence-corrected chi connectivity index (χ1v) is 6.88. The van der Waals surface area contributed by atoms with Crippen LogP contribution in [0, 0.1) is 10.1 Å². The second kappa shape index (κ2) is 4.75. The summed E-state index contributed by atoms with van der Waals surface area (Å²) in [6.07, 6.45) is 2.03. The molecular weight excluding hydrogens is 288 g/mol. The summed E-state index contributed by atoms with van der Waals surface area (Å²) < 4.78 is 0. The number of rotatable bonds is 2. The van der Waals surface area contributed by atoms with Crippen molar-refractivity contribution in [3.63, 3.8) is 0 Å². The van der Waals surface area contributed by atoms with E-state index in [0.29, 0.717) is 18.9 Å². The van der Waals surface area contributed by atoms with Crippen LogP contribution >= 0.6 is 22.9 Å². The molecule has 2 aromatic heterocycles. The number of thiophene rings is 1. The lowest BCUT2D eigenvalue weighted by Gasteiger charge is -2.27. The van der Waals surface area contributed by atoms with E-state index in [9.17, 15) is 10.1 Å². The van der Waals surface area contributed by atoms with Crippen LogP contribution in [0.2, 0.25) is 5.28 Å². The van der Waals surface area contributed by atoms with Gasteiger partial charge in [-0.15, -0.1) is 11.3 Å². The molecule has 0 fully saturated rings. The van der Waals surface area contributed by atoms with Crippen LogP contribution in [0.3, 0.4) is 0 Å². The lowest BCUT2D eigenvalue weighted by atomic mass is 10.1. The van der Waals surface area contributed by atoms with Gasteiger partial charge in [-0.2, -0.15) is 4.98 Å². The Hall–Kier alpha value is -1.73. The Morgan fingerprint density at radius 3 is 3.16 bits per heavy atom. The Morgan fingerprint density at radius 2 is 2.37 bits per heavy atom. The Labute approximate surface area is 117 Å². The molecule has 0 N–H and O–H groups in total. The molecule has 0 saturated heterocycles. The van der Waals surface area contributed by atoms with Crippen molar-refractivity contribution in [1.82, 2.24) is 9.97 Å². The molecule has 8 heteroatoms. The third-order valence-electron chi connectivity index (χ3n) is 3.02. The normalized spacial score (nSPS) is 14.3. The van der Waals surface area contributed by atoms with Crippen molar-refractivity contribution in [2.45, 2.75) is 13.0 Å². The van der Waals surface area contributed by atoms with E-state index >= 15 is 0 Å². The van der Waals surface area contributed by atoms with Crippen molar-refractivity contribution in [3.05, 3.63) is 43.5 Å². The predicted octanol–water partition coefficient (Wildman–Crippen LogP) is 2.66. The molecule has 3 heterocycles. The minimum absolute atomic E-state index is 0.0247. The number of nitro groups is 1. The minimum Gasteiger partial charge on any atom is -0.346 e. The molecule has 3 rings (SSSR count). The maximum Gasteiger partial charge on any atom is 0.329 e. The summed E-state index contributed by atoms with van der Waals surface area (Å²) >= 11 is 7.47. The molecule has 0 radical (unpaired) electrons. The fourth-order valence-corrected chi connectivity index (χ4v) is 3.15. The average Bonchev–Trinajstić information content (AvgIpc) is 2.85. The second-order valence-electron chi connectivity index (χ2n) is 4.15. The fraction of sp³-hybridized carbons (Fsp3) is 0.273. The van der Waals surface area contributed by atoms with Crippen LogP contribution in [0.25, 0.3) is 0 Å². The Kier molecular flexibility index (Phi) is 3.08. The second-order valence-corrected chi connectivity index (χ2v) is 5.48. The van der Waals surface area contributed by atoms with E-state index in [1.54, 1.807) is 11.3 Å². The summed E-state index contributed by atoms with van der Waals surface area (Å²) in [7, 11) is 0. The van der Waals surface area contributed by atoms with Crippen LogP contribution in [0.15, 0.2) is 17.6 Å². The van der Waals surface area contributed by atoms with Gasteiger partial charge in [-0.3, -0.25) is 10.1 Å². The van der Waals surface area contributed by atoms with Crippen molar-refractivity contribution < 1.29 is 4.92 Å². The van der Waals surface area contributed by atoms with Crippen molar-refractivity contribution in [2.24, 2.45) is 0 Å². The highest BCUT2D eigenvalue weighted by atomic mass is 35.5. The molecule has 0 aliphatic carbocycles. The van der Waals surface area contributed by atoms with Crippen molar-refractivity contribution in [1.29, 1.82) is 0 Å². The predicted molar refractivity (Wildman–Crippen MR) is 72.8 cm³/mol. The van der Waals surface area contributed by atoms with E-state index in [1.807, 2.05) is 16.3 Å². The van der Waals surface area contributed by atoms with Gasteiger partial charge in [0.05, 0.1) is 4.92 Å². The minimum atomic E-state index is -0.477. The Bertz CT molecular complexity index is 645. The van der Waals surface area contributed by atoms with E-state index in [-0.39, 0.29) is 11.0 Å². The van der Waals surface area contributed by atoms with Gasteiger partial charge >= 0.3 is 5.69 Å². The molecule has 1 aliphatic rings. The van der Waals surface area contributed by atoms with Crippen LogP contribution < -0.4 is 4.90 Å². The molecule has 2 aromatic rings. The first-order chi connectivity index (χ1) is 9.15. The van der Waals surface area contributed by atoms with Gasteiger partial charge in [-0.1, -0.05) is 0 Å². The van der Waals surface area contributed by atoms with Gasteiger partial charge in [0.1, 0.15) is 6.20 Å². The molecule has 0 unspecified atom stereocenters. The maximum atomic E-state index is 11.0. The summed E-state index contributed by atoms with van der Waals surface area (Å²) in [6.45, 7) is 1.31. The fourth-order valence-electron chi connectivity index (χ4n) is 2.14. The molecule has 0 atom stereocenters. The van der Waals surface area contributed by atoms with Crippen LogP contribution in [-0.4, -0.2) is 21.4 Å².